The van der Waals surface area contributed by atoms with Crippen molar-refractivity contribution in [3.63, 3.8) is 0 Å². The molecular weight excluding hydrogens is 235 g/mol. The van der Waals surface area contributed by atoms with E-state index in [0.29, 0.717) is 5.56 Å². The van der Waals surface area contributed by atoms with Crippen LogP contribution in [0.4, 0.5) is 4.39 Å². The molecule has 4 nitrogen and oxygen atoms in total. The van der Waals surface area contributed by atoms with Crippen LogP contribution in [0.25, 0.3) is 0 Å². The SMILES string of the molecule is CC(NCC(=O)OC(C)(C)C)c1cncc(F)c1. The number of carbonyl (C=O) groups is 1. The van der Waals surface area contributed by atoms with Crippen molar-refractivity contribution in [1.29, 1.82) is 0 Å². The van der Waals surface area contributed by atoms with Crippen LogP contribution in [-0.2, 0) is 9.53 Å². The van der Waals surface area contributed by atoms with Gasteiger partial charge in [-0.1, -0.05) is 0 Å². The minimum atomic E-state index is -0.498. The molecule has 0 aliphatic heterocycles. The van der Waals surface area contributed by atoms with Crippen molar-refractivity contribution in [3.05, 3.63) is 29.8 Å². The van der Waals surface area contributed by atoms with Crippen LogP contribution in [0.1, 0.15) is 39.3 Å². The van der Waals surface area contributed by atoms with Crippen LogP contribution in [-0.4, -0.2) is 23.1 Å². The molecule has 0 amide bonds. The summed E-state index contributed by atoms with van der Waals surface area (Å²) in [6.45, 7) is 7.34. The fraction of sp³-hybridized carbons (Fsp3) is 0.538. The molecule has 100 valence electrons. The highest BCUT2D eigenvalue weighted by Crippen LogP contribution is 2.12. The first-order valence-corrected chi connectivity index (χ1v) is 5.83. The Bertz CT molecular complexity index is 416. The van der Waals surface area contributed by atoms with E-state index in [1.165, 1.54) is 6.07 Å². The zero-order valence-corrected chi connectivity index (χ0v) is 11.2. The third-order valence-electron chi connectivity index (χ3n) is 2.20. The summed E-state index contributed by atoms with van der Waals surface area (Å²) in [6, 6.07) is 1.22. The highest BCUT2D eigenvalue weighted by molar-refractivity contribution is 5.72. The summed E-state index contributed by atoms with van der Waals surface area (Å²) in [6.07, 6.45) is 2.71. The van der Waals surface area contributed by atoms with Gasteiger partial charge < -0.3 is 10.1 Å². The van der Waals surface area contributed by atoms with Crippen molar-refractivity contribution in [3.8, 4) is 0 Å². The standard InChI is InChI=1S/C13H19FN2O2/c1-9(10-5-11(14)7-15-6-10)16-8-12(17)18-13(2,3)4/h5-7,9,16H,8H2,1-4H3. The number of hydrogen-bond acceptors (Lipinski definition) is 4. The summed E-state index contributed by atoms with van der Waals surface area (Å²) in [5.41, 5.74) is 0.196. The molecule has 1 aromatic heterocycles. The number of hydrogen-bond donors (Lipinski definition) is 1. The predicted molar refractivity (Wildman–Crippen MR) is 66.5 cm³/mol. The number of rotatable bonds is 4. The maximum Gasteiger partial charge on any atom is 0.320 e. The molecule has 0 radical (unpaired) electrons. The van der Waals surface area contributed by atoms with E-state index in [2.05, 4.69) is 10.3 Å². The van der Waals surface area contributed by atoms with Crippen molar-refractivity contribution in [2.75, 3.05) is 6.54 Å². The van der Waals surface area contributed by atoms with E-state index in [9.17, 15) is 9.18 Å². The minimum absolute atomic E-state index is 0.0783. The van der Waals surface area contributed by atoms with E-state index >= 15 is 0 Å². The number of pyridine rings is 1. The van der Waals surface area contributed by atoms with Gasteiger partial charge in [-0.15, -0.1) is 0 Å². The summed E-state index contributed by atoms with van der Waals surface area (Å²) in [4.78, 5) is 15.2. The molecule has 1 atom stereocenters. The molecule has 5 heteroatoms. The minimum Gasteiger partial charge on any atom is -0.459 e. The van der Waals surface area contributed by atoms with Gasteiger partial charge in [-0.3, -0.25) is 9.78 Å². The van der Waals surface area contributed by atoms with E-state index in [1.54, 1.807) is 6.20 Å². The Balaban J connectivity index is 2.46. The van der Waals surface area contributed by atoms with Crippen molar-refractivity contribution >= 4 is 5.97 Å². The van der Waals surface area contributed by atoms with Gasteiger partial charge in [0.1, 0.15) is 11.4 Å². The molecule has 0 bridgehead atoms. The molecule has 1 unspecified atom stereocenters. The monoisotopic (exact) mass is 254 g/mol. The van der Waals surface area contributed by atoms with Crippen LogP contribution in [0.15, 0.2) is 18.5 Å². The smallest absolute Gasteiger partial charge is 0.320 e. The largest absolute Gasteiger partial charge is 0.459 e. The zero-order valence-electron chi connectivity index (χ0n) is 11.2. The highest BCUT2D eigenvalue weighted by Gasteiger charge is 2.17. The van der Waals surface area contributed by atoms with Gasteiger partial charge >= 0.3 is 5.97 Å². The highest BCUT2D eigenvalue weighted by atomic mass is 19.1. The molecule has 1 aromatic rings. The third kappa shape index (κ3) is 5.23. The fourth-order valence-electron chi connectivity index (χ4n) is 1.40. The van der Waals surface area contributed by atoms with Crippen molar-refractivity contribution in [1.82, 2.24) is 10.3 Å². The lowest BCUT2D eigenvalue weighted by Crippen LogP contribution is -2.32. The first kappa shape index (κ1) is 14.6. The van der Waals surface area contributed by atoms with Gasteiger partial charge in [0.15, 0.2) is 0 Å². The Morgan fingerprint density at radius 1 is 1.50 bits per heavy atom. The molecule has 1 heterocycles. The molecule has 0 fully saturated rings. The van der Waals surface area contributed by atoms with Gasteiger partial charge in [0.2, 0.25) is 0 Å². The van der Waals surface area contributed by atoms with E-state index < -0.39 is 11.4 Å². The lowest BCUT2D eigenvalue weighted by Gasteiger charge is -2.20. The van der Waals surface area contributed by atoms with Crippen LogP contribution in [0, 0.1) is 5.82 Å². The Labute approximate surface area is 107 Å². The molecule has 1 rings (SSSR count). The number of nitrogens with zero attached hydrogens (tertiary/aromatic N) is 1. The second-order valence-corrected chi connectivity index (χ2v) is 5.13. The van der Waals surface area contributed by atoms with Crippen LogP contribution < -0.4 is 5.32 Å². The first-order valence-electron chi connectivity index (χ1n) is 5.83. The van der Waals surface area contributed by atoms with Gasteiger partial charge in [0.25, 0.3) is 0 Å². The molecule has 0 aromatic carbocycles. The first-order chi connectivity index (χ1) is 8.28. The Kier molecular flexibility index (Phi) is 4.78. The van der Waals surface area contributed by atoms with E-state index in [-0.39, 0.29) is 18.6 Å². The van der Waals surface area contributed by atoms with Gasteiger partial charge in [-0.2, -0.15) is 0 Å². The third-order valence-corrected chi connectivity index (χ3v) is 2.20. The van der Waals surface area contributed by atoms with E-state index in [0.717, 1.165) is 6.20 Å². The number of carbonyl (C=O) groups excluding carboxylic acids is 1. The van der Waals surface area contributed by atoms with Gasteiger partial charge in [0.05, 0.1) is 12.7 Å². The Morgan fingerprint density at radius 2 is 2.17 bits per heavy atom. The Morgan fingerprint density at radius 3 is 2.72 bits per heavy atom. The zero-order chi connectivity index (χ0) is 13.8. The summed E-state index contributed by atoms with van der Waals surface area (Å²) in [7, 11) is 0. The summed E-state index contributed by atoms with van der Waals surface area (Å²) in [5, 5.41) is 2.97. The van der Waals surface area contributed by atoms with Gasteiger partial charge in [-0.05, 0) is 39.3 Å². The van der Waals surface area contributed by atoms with Crippen LogP contribution in [0.2, 0.25) is 0 Å². The number of nitrogens with one attached hydrogen (secondary N) is 1. The maximum atomic E-state index is 13.0. The lowest BCUT2D eigenvalue weighted by atomic mass is 10.1. The molecule has 0 aliphatic rings. The number of ether oxygens (including phenoxy) is 1. The molecule has 0 spiro atoms. The lowest BCUT2D eigenvalue weighted by molar-refractivity contribution is -0.153. The second-order valence-electron chi connectivity index (χ2n) is 5.13. The average molecular weight is 254 g/mol. The van der Waals surface area contributed by atoms with Gasteiger partial charge in [-0.25, -0.2) is 4.39 Å². The molecular formula is C13H19FN2O2. The van der Waals surface area contributed by atoms with Crippen molar-refractivity contribution in [2.24, 2.45) is 0 Å². The topological polar surface area (TPSA) is 51.2 Å². The van der Waals surface area contributed by atoms with Crippen LogP contribution >= 0.6 is 0 Å². The normalized spacial score (nSPS) is 13.2. The van der Waals surface area contributed by atoms with E-state index in [1.807, 2.05) is 27.7 Å². The summed E-state index contributed by atoms with van der Waals surface area (Å²) < 4.78 is 18.1. The number of halogens is 1. The Hall–Kier alpha value is -1.49. The van der Waals surface area contributed by atoms with Crippen molar-refractivity contribution in [2.45, 2.75) is 39.3 Å². The summed E-state index contributed by atoms with van der Waals surface area (Å²) >= 11 is 0. The molecule has 0 saturated heterocycles. The van der Waals surface area contributed by atoms with Crippen molar-refractivity contribution < 1.29 is 13.9 Å². The van der Waals surface area contributed by atoms with Crippen LogP contribution in [0.5, 0.6) is 0 Å². The second kappa shape index (κ2) is 5.91. The number of aromatic nitrogens is 1. The maximum absolute atomic E-state index is 13.0. The molecule has 1 N–H and O–H groups in total. The van der Waals surface area contributed by atoms with Crippen LogP contribution in [0.3, 0.4) is 0 Å². The predicted octanol–water partition coefficient (Wildman–Crippen LogP) is 2.21. The van der Waals surface area contributed by atoms with Gasteiger partial charge in [0, 0.05) is 12.2 Å². The molecule has 18 heavy (non-hydrogen) atoms. The molecule has 0 aliphatic carbocycles. The molecule has 0 saturated carbocycles. The average Bonchev–Trinajstić information content (AvgIpc) is 2.23. The number of esters is 1. The fourth-order valence-corrected chi connectivity index (χ4v) is 1.40. The quantitative estimate of drug-likeness (QED) is 0.837. The van der Waals surface area contributed by atoms with E-state index in [4.69, 9.17) is 4.74 Å². The summed E-state index contributed by atoms with van der Waals surface area (Å²) in [5.74, 6) is -0.725.